The van der Waals surface area contributed by atoms with Crippen LogP contribution >= 0.6 is 0 Å². The Kier molecular flexibility index (Phi) is 3.92. The van der Waals surface area contributed by atoms with Crippen molar-refractivity contribution in [2.75, 3.05) is 20.2 Å². The average molecular weight is 315 g/mol. The van der Waals surface area contributed by atoms with Crippen molar-refractivity contribution in [3.8, 4) is 11.5 Å². The molecule has 0 spiro atoms. The molecule has 124 valence electrons. The van der Waals surface area contributed by atoms with Gasteiger partial charge in [0, 0.05) is 13.5 Å². The second kappa shape index (κ2) is 6.06. The highest BCUT2D eigenvalue weighted by Gasteiger charge is 2.40. The molecule has 1 amide bonds. The van der Waals surface area contributed by atoms with Crippen LogP contribution in [0.4, 0.5) is 0 Å². The van der Waals surface area contributed by atoms with Crippen LogP contribution in [0.2, 0.25) is 0 Å². The fourth-order valence-electron chi connectivity index (χ4n) is 4.57. The summed E-state index contributed by atoms with van der Waals surface area (Å²) in [5, 5.41) is 0. The van der Waals surface area contributed by atoms with E-state index in [2.05, 4.69) is 0 Å². The quantitative estimate of drug-likeness (QED) is 0.857. The first-order chi connectivity index (χ1) is 11.2. The van der Waals surface area contributed by atoms with E-state index in [1.807, 2.05) is 36.2 Å². The van der Waals surface area contributed by atoms with Gasteiger partial charge in [-0.15, -0.1) is 0 Å². The molecule has 0 aromatic heterocycles. The van der Waals surface area contributed by atoms with E-state index in [0.29, 0.717) is 25.5 Å². The standard InChI is InChI=1S/C19H25NO3/c1-20(19(21)10-15-9-13-6-7-14(15)8-13)11-16-12-22-17-4-2-3-5-18(17)23-16/h2-5,13-16H,6-12H2,1H3. The predicted octanol–water partition coefficient (Wildman–Crippen LogP) is 3.11. The van der Waals surface area contributed by atoms with Gasteiger partial charge in [-0.25, -0.2) is 0 Å². The maximum absolute atomic E-state index is 12.5. The van der Waals surface area contributed by atoms with E-state index in [9.17, 15) is 4.79 Å². The molecule has 4 unspecified atom stereocenters. The zero-order valence-corrected chi connectivity index (χ0v) is 13.7. The third-order valence-corrected chi connectivity index (χ3v) is 5.79. The molecular weight excluding hydrogens is 290 g/mol. The Morgan fingerprint density at radius 1 is 1.22 bits per heavy atom. The van der Waals surface area contributed by atoms with Crippen LogP contribution < -0.4 is 9.47 Å². The third-order valence-electron chi connectivity index (χ3n) is 5.79. The Balaban J connectivity index is 1.30. The zero-order valence-electron chi connectivity index (χ0n) is 13.7. The van der Waals surface area contributed by atoms with E-state index < -0.39 is 0 Å². The molecule has 4 atom stereocenters. The number of fused-ring (bicyclic) bond motifs is 3. The van der Waals surface area contributed by atoms with Crippen molar-refractivity contribution >= 4 is 5.91 Å². The van der Waals surface area contributed by atoms with Crippen LogP contribution in [0, 0.1) is 17.8 Å². The molecule has 1 heterocycles. The average Bonchev–Trinajstić information content (AvgIpc) is 3.17. The molecule has 1 aliphatic heterocycles. The van der Waals surface area contributed by atoms with Gasteiger partial charge in [0.05, 0.1) is 6.54 Å². The third kappa shape index (κ3) is 3.04. The van der Waals surface area contributed by atoms with Gasteiger partial charge in [-0.05, 0) is 49.1 Å². The maximum atomic E-state index is 12.5. The van der Waals surface area contributed by atoms with Crippen LogP contribution in [-0.4, -0.2) is 37.1 Å². The number of rotatable bonds is 4. The van der Waals surface area contributed by atoms with E-state index in [1.165, 1.54) is 25.7 Å². The van der Waals surface area contributed by atoms with Crippen LogP contribution in [0.5, 0.6) is 11.5 Å². The van der Waals surface area contributed by atoms with Crippen molar-refractivity contribution < 1.29 is 14.3 Å². The summed E-state index contributed by atoms with van der Waals surface area (Å²) in [5.74, 6) is 4.14. The monoisotopic (exact) mass is 315 g/mol. The number of amides is 1. The molecule has 4 heteroatoms. The highest BCUT2D eigenvalue weighted by Crippen LogP contribution is 2.49. The molecule has 4 rings (SSSR count). The molecule has 1 aromatic rings. The smallest absolute Gasteiger partial charge is 0.222 e. The summed E-state index contributed by atoms with van der Waals surface area (Å²) < 4.78 is 11.7. The van der Waals surface area contributed by atoms with Gasteiger partial charge in [-0.1, -0.05) is 18.6 Å². The number of ether oxygens (including phenoxy) is 2. The molecule has 3 aliphatic rings. The number of hydrogen-bond acceptors (Lipinski definition) is 3. The van der Waals surface area contributed by atoms with Crippen molar-refractivity contribution in [2.24, 2.45) is 17.8 Å². The van der Waals surface area contributed by atoms with Gasteiger partial charge >= 0.3 is 0 Å². The normalized spacial score (nSPS) is 31.2. The molecule has 23 heavy (non-hydrogen) atoms. The maximum Gasteiger partial charge on any atom is 0.222 e. The van der Waals surface area contributed by atoms with E-state index in [1.54, 1.807) is 0 Å². The molecule has 2 saturated carbocycles. The lowest BCUT2D eigenvalue weighted by atomic mass is 9.86. The van der Waals surface area contributed by atoms with Gasteiger partial charge in [-0.2, -0.15) is 0 Å². The van der Waals surface area contributed by atoms with Crippen LogP contribution in [-0.2, 0) is 4.79 Å². The van der Waals surface area contributed by atoms with E-state index in [4.69, 9.17) is 9.47 Å². The van der Waals surface area contributed by atoms with E-state index >= 15 is 0 Å². The summed E-state index contributed by atoms with van der Waals surface area (Å²) in [6.45, 7) is 1.09. The number of likely N-dealkylation sites (N-methyl/N-ethyl adjacent to an activating group) is 1. The van der Waals surface area contributed by atoms with Crippen LogP contribution in [0.3, 0.4) is 0 Å². The molecule has 0 radical (unpaired) electrons. The van der Waals surface area contributed by atoms with Gasteiger partial charge < -0.3 is 14.4 Å². The Hall–Kier alpha value is -1.71. The number of hydrogen-bond donors (Lipinski definition) is 0. The van der Waals surface area contributed by atoms with Crippen molar-refractivity contribution in [1.29, 1.82) is 0 Å². The summed E-state index contributed by atoms with van der Waals surface area (Å²) >= 11 is 0. The second-order valence-electron chi connectivity index (χ2n) is 7.41. The Morgan fingerprint density at radius 2 is 2.04 bits per heavy atom. The first kappa shape index (κ1) is 14.9. The minimum atomic E-state index is -0.0844. The van der Waals surface area contributed by atoms with Crippen LogP contribution in [0.25, 0.3) is 0 Å². The van der Waals surface area contributed by atoms with E-state index in [0.717, 1.165) is 23.3 Å². The molecule has 2 bridgehead atoms. The van der Waals surface area contributed by atoms with Crippen molar-refractivity contribution in [3.05, 3.63) is 24.3 Å². The lowest BCUT2D eigenvalue weighted by Crippen LogP contribution is -2.42. The van der Waals surface area contributed by atoms with Gasteiger partial charge in [-0.3, -0.25) is 4.79 Å². The van der Waals surface area contributed by atoms with Gasteiger partial charge in [0.2, 0.25) is 5.91 Å². The number of carbonyl (C=O) groups excluding carboxylic acids is 1. The van der Waals surface area contributed by atoms with E-state index in [-0.39, 0.29) is 12.0 Å². The topological polar surface area (TPSA) is 38.8 Å². The van der Waals surface area contributed by atoms with Crippen molar-refractivity contribution in [1.82, 2.24) is 4.90 Å². The number of benzene rings is 1. The number of nitrogens with zero attached hydrogens (tertiary/aromatic N) is 1. The molecule has 0 N–H and O–H groups in total. The molecule has 1 aromatic carbocycles. The fourth-order valence-corrected chi connectivity index (χ4v) is 4.57. The summed E-state index contributed by atoms with van der Waals surface area (Å²) in [6, 6.07) is 7.70. The molecule has 4 nitrogen and oxygen atoms in total. The minimum Gasteiger partial charge on any atom is -0.486 e. The summed E-state index contributed by atoms with van der Waals surface area (Å²) in [6.07, 6.45) is 5.97. The highest BCUT2D eigenvalue weighted by molar-refractivity contribution is 5.76. The fraction of sp³-hybridized carbons (Fsp3) is 0.632. The summed E-state index contributed by atoms with van der Waals surface area (Å²) in [4.78, 5) is 14.4. The largest absolute Gasteiger partial charge is 0.486 e. The number of carbonyl (C=O) groups is 1. The molecular formula is C19H25NO3. The van der Waals surface area contributed by atoms with Crippen molar-refractivity contribution in [3.63, 3.8) is 0 Å². The van der Waals surface area contributed by atoms with Gasteiger partial charge in [0.15, 0.2) is 17.6 Å². The molecule has 2 aliphatic carbocycles. The van der Waals surface area contributed by atoms with Crippen molar-refractivity contribution in [2.45, 2.75) is 38.2 Å². The Labute approximate surface area is 137 Å². The van der Waals surface area contributed by atoms with Gasteiger partial charge in [0.25, 0.3) is 0 Å². The SMILES string of the molecule is CN(CC1COc2ccccc2O1)C(=O)CC1CC2CCC1C2. The van der Waals surface area contributed by atoms with Gasteiger partial charge in [0.1, 0.15) is 6.61 Å². The van der Waals surface area contributed by atoms with Crippen LogP contribution in [0.1, 0.15) is 32.1 Å². The first-order valence-corrected chi connectivity index (χ1v) is 8.81. The Morgan fingerprint density at radius 3 is 2.78 bits per heavy atom. The zero-order chi connectivity index (χ0) is 15.8. The van der Waals surface area contributed by atoms with Crippen LogP contribution in [0.15, 0.2) is 24.3 Å². The molecule has 0 saturated heterocycles. The minimum absolute atomic E-state index is 0.0844. The first-order valence-electron chi connectivity index (χ1n) is 8.81. The highest BCUT2D eigenvalue weighted by atomic mass is 16.6. The second-order valence-corrected chi connectivity index (χ2v) is 7.41. The lowest BCUT2D eigenvalue weighted by molar-refractivity contribution is -0.132. The summed E-state index contributed by atoms with van der Waals surface area (Å²) in [7, 11) is 1.89. The number of para-hydroxylation sites is 2. The Bertz CT molecular complexity index is 588. The summed E-state index contributed by atoms with van der Waals surface area (Å²) in [5.41, 5.74) is 0. The predicted molar refractivity (Wildman–Crippen MR) is 87.5 cm³/mol. The molecule has 2 fully saturated rings. The lowest BCUT2D eigenvalue weighted by Gasteiger charge is -2.30.